The van der Waals surface area contributed by atoms with Crippen molar-refractivity contribution < 1.29 is 4.79 Å². The van der Waals surface area contributed by atoms with Gasteiger partial charge < -0.3 is 10.2 Å². The number of hydrogen-bond acceptors (Lipinski definition) is 2. The molecule has 0 aromatic heterocycles. The van der Waals surface area contributed by atoms with Crippen LogP contribution in [0.3, 0.4) is 0 Å². The average molecular weight is 288 g/mol. The number of aryl methyl sites for hydroxylation is 2. The van der Waals surface area contributed by atoms with Gasteiger partial charge in [0.25, 0.3) is 0 Å². The molecule has 1 unspecified atom stereocenters. The molecular formula is C18H28N2O. The molecule has 0 radical (unpaired) electrons. The predicted molar refractivity (Wildman–Crippen MR) is 87.6 cm³/mol. The van der Waals surface area contributed by atoms with E-state index < -0.39 is 0 Å². The Bertz CT molecular complexity index is 492. The van der Waals surface area contributed by atoms with Crippen molar-refractivity contribution in [1.29, 1.82) is 0 Å². The van der Waals surface area contributed by atoms with Crippen LogP contribution in [-0.4, -0.2) is 38.0 Å². The van der Waals surface area contributed by atoms with Crippen molar-refractivity contribution in [2.75, 3.05) is 27.2 Å². The van der Waals surface area contributed by atoms with Gasteiger partial charge in [-0.2, -0.15) is 0 Å². The molecule has 1 aliphatic rings. The van der Waals surface area contributed by atoms with Gasteiger partial charge in [-0.15, -0.1) is 0 Å². The molecular weight excluding hydrogens is 260 g/mol. The first-order valence-electron chi connectivity index (χ1n) is 7.96. The van der Waals surface area contributed by atoms with Crippen LogP contribution >= 0.6 is 0 Å². The molecule has 0 saturated heterocycles. The van der Waals surface area contributed by atoms with Crippen molar-refractivity contribution in [1.82, 2.24) is 10.2 Å². The molecule has 21 heavy (non-hydrogen) atoms. The van der Waals surface area contributed by atoms with Gasteiger partial charge in [-0.25, -0.2) is 0 Å². The lowest BCUT2D eigenvalue weighted by atomic mass is 9.89. The molecule has 0 heterocycles. The molecule has 3 nitrogen and oxygen atoms in total. The van der Waals surface area contributed by atoms with Gasteiger partial charge >= 0.3 is 0 Å². The number of nitrogens with one attached hydrogen (secondary N) is 1. The molecule has 1 aromatic carbocycles. The number of carbonyl (C=O) groups is 1. The van der Waals surface area contributed by atoms with Gasteiger partial charge in [0.1, 0.15) is 0 Å². The molecule has 116 valence electrons. The maximum atomic E-state index is 12.2. The molecule has 0 aliphatic heterocycles. The van der Waals surface area contributed by atoms with Crippen LogP contribution in [0.1, 0.15) is 41.9 Å². The van der Waals surface area contributed by atoms with Crippen molar-refractivity contribution in [3.05, 3.63) is 34.9 Å². The maximum absolute atomic E-state index is 12.2. The van der Waals surface area contributed by atoms with Crippen molar-refractivity contribution >= 4 is 5.91 Å². The van der Waals surface area contributed by atoms with Crippen LogP contribution in [0, 0.1) is 19.8 Å². The third-order valence-electron chi connectivity index (χ3n) is 4.44. The van der Waals surface area contributed by atoms with Gasteiger partial charge in [0.15, 0.2) is 0 Å². The zero-order valence-corrected chi connectivity index (χ0v) is 13.8. The summed E-state index contributed by atoms with van der Waals surface area (Å²) in [4.78, 5) is 14.2. The van der Waals surface area contributed by atoms with Crippen molar-refractivity contribution in [2.45, 2.75) is 39.0 Å². The van der Waals surface area contributed by atoms with E-state index in [0.717, 1.165) is 13.1 Å². The number of rotatable bonds is 7. The average Bonchev–Trinajstić information content (AvgIpc) is 3.23. The van der Waals surface area contributed by atoms with Gasteiger partial charge in [-0.05, 0) is 69.3 Å². The van der Waals surface area contributed by atoms with E-state index in [9.17, 15) is 4.79 Å². The maximum Gasteiger partial charge on any atom is 0.220 e. The third-order valence-corrected chi connectivity index (χ3v) is 4.44. The highest BCUT2D eigenvalue weighted by Gasteiger charge is 2.33. The number of nitrogens with zero attached hydrogens (tertiary/aromatic N) is 1. The summed E-state index contributed by atoms with van der Waals surface area (Å²) in [6.45, 7) is 5.92. The monoisotopic (exact) mass is 288 g/mol. The summed E-state index contributed by atoms with van der Waals surface area (Å²) in [5, 5.41) is 3.04. The minimum atomic E-state index is 0.187. The Labute approximate surface area is 128 Å². The van der Waals surface area contributed by atoms with E-state index in [1.165, 1.54) is 29.5 Å². The Balaban J connectivity index is 1.96. The number of likely N-dealkylation sites (N-methyl/N-ethyl adjacent to an activating group) is 1. The second-order valence-corrected chi connectivity index (χ2v) is 6.64. The van der Waals surface area contributed by atoms with Crippen molar-refractivity contribution in [3.63, 3.8) is 0 Å². The highest BCUT2D eigenvalue weighted by molar-refractivity contribution is 5.77. The third kappa shape index (κ3) is 4.85. The van der Waals surface area contributed by atoms with E-state index in [1.807, 2.05) is 14.1 Å². The molecule has 1 aliphatic carbocycles. The van der Waals surface area contributed by atoms with Crippen LogP contribution in [0.15, 0.2) is 18.2 Å². The molecule has 1 saturated carbocycles. The molecule has 1 N–H and O–H groups in total. The molecule has 1 fully saturated rings. The summed E-state index contributed by atoms with van der Waals surface area (Å²) >= 11 is 0. The van der Waals surface area contributed by atoms with E-state index in [1.54, 1.807) is 0 Å². The first-order valence-corrected chi connectivity index (χ1v) is 7.96. The van der Waals surface area contributed by atoms with Gasteiger partial charge in [0.05, 0.1) is 0 Å². The Morgan fingerprint density at radius 2 is 2.00 bits per heavy atom. The predicted octanol–water partition coefficient (Wildman–Crippen LogP) is 2.86. The number of amides is 1. The van der Waals surface area contributed by atoms with Crippen LogP contribution in [-0.2, 0) is 4.79 Å². The van der Waals surface area contributed by atoms with Gasteiger partial charge in [-0.1, -0.05) is 18.2 Å². The molecule has 0 spiro atoms. The number of hydrogen-bond donors (Lipinski definition) is 1. The first kappa shape index (κ1) is 16.0. The number of benzene rings is 1. The SMILES string of the molecule is Cc1ccc(C(CC(=O)NCCN(C)C)C2CC2)cc1C. The summed E-state index contributed by atoms with van der Waals surface area (Å²) in [5.74, 6) is 1.28. The summed E-state index contributed by atoms with van der Waals surface area (Å²) in [5.41, 5.74) is 3.98. The van der Waals surface area contributed by atoms with E-state index in [0.29, 0.717) is 18.3 Å². The van der Waals surface area contributed by atoms with Crippen LogP contribution in [0.5, 0.6) is 0 Å². The Hall–Kier alpha value is -1.35. The lowest BCUT2D eigenvalue weighted by Gasteiger charge is -2.18. The normalized spacial score (nSPS) is 16.0. The smallest absolute Gasteiger partial charge is 0.220 e. The fourth-order valence-corrected chi connectivity index (χ4v) is 2.74. The second kappa shape index (κ2) is 7.08. The fourth-order valence-electron chi connectivity index (χ4n) is 2.74. The summed E-state index contributed by atoms with van der Waals surface area (Å²) in [6, 6.07) is 6.66. The Morgan fingerprint density at radius 3 is 2.57 bits per heavy atom. The summed E-state index contributed by atoms with van der Waals surface area (Å²) < 4.78 is 0. The van der Waals surface area contributed by atoms with Crippen LogP contribution in [0.25, 0.3) is 0 Å². The molecule has 1 aromatic rings. The van der Waals surface area contributed by atoms with E-state index >= 15 is 0 Å². The van der Waals surface area contributed by atoms with Gasteiger partial charge in [-0.3, -0.25) is 4.79 Å². The largest absolute Gasteiger partial charge is 0.355 e. The molecule has 1 atom stereocenters. The van der Waals surface area contributed by atoms with Gasteiger partial charge in [0, 0.05) is 19.5 Å². The van der Waals surface area contributed by atoms with Crippen molar-refractivity contribution in [3.8, 4) is 0 Å². The van der Waals surface area contributed by atoms with Crippen LogP contribution < -0.4 is 5.32 Å². The lowest BCUT2D eigenvalue weighted by molar-refractivity contribution is -0.121. The molecule has 3 heteroatoms. The lowest BCUT2D eigenvalue weighted by Crippen LogP contribution is -2.32. The zero-order valence-electron chi connectivity index (χ0n) is 13.8. The quantitative estimate of drug-likeness (QED) is 0.837. The Kier molecular flexibility index (Phi) is 5.40. The van der Waals surface area contributed by atoms with Crippen LogP contribution in [0.2, 0.25) is 0 Å². The minimum absolute atomic E-state index is 0.187. The van der Waals surface area contributed by atoms with Crippen LogP contribution in [0.4, 0.5) is 0 Å². The number of carbonyl (C=O) groups excluding carboxylic acids is 1. The fraction of sp³-hybridized carbons (Fsp3) is 0.611. The highest BCUT2D eigenvalue weighted by Crippen LogP contribution is 2.44. The standard InChI is InChI=1S/C18H28N2O/c1-13-5-6-16(11-14(13)2)17(15-7-8-15)12-18(21)19-9-10-20(3)4/h5-6,11,15,17H,7-10,12H2,1-4H3,(H,19,21). The molecule has 2 rings (SSSR count). The molecule has 1 amide bonds. The molecule has 0 bridgehead atoms. The van der Waals surface area contributed by atoms with Crippen molar-refractivity contribution in [2.24, 2.45) is 5.92 Å². The van der Waals surface area contributed by atoms with E-state index in [2.05, 4.69) is 42.3 Å². The second-order valence-electron chi connectivity index (χ2n) is 6.64. The Morgan fingerprint density at radius 1 is 1.29 bits per heavy atom. The topological polar surface area (TPSA) is 32.3 Å². The van der Waals surface area contributed by atoms with E-state index in [4.69, 9.17) is 0 Å². The van der Waals surface area contributed by atoms with E-state index in [-0.39, 0.29) is 5.91 Å². The zero-order chi connectivity index (χ0) is 15.4. The van der Waals surface area contributed by atoms with Gasteiger partial charge in [0.2, 0.25) is 5.91 Å². The first-order chi connectivity index (χ1) is 9.97. The summed E-state index contributed by atoms with van der Waals surface area (Å²) in [6.07, 6.45) is 3.16. The highest BCUT2D eigenvalue weighted by atomic mass is 16.1. The summed E-state index contributed by atoms with van der Waals surface area (Å²) in [7, 11) is 4.04. The minimum Gasteiger partial charge on any atom is -0.355 e.